The number of nitrogens with zero attached hydrogens (tertiary/aromatic N) is 1. The SMILES string of the molecule is Cc1cc(C)c(COc2ccc(CNc3nsc4ccc(OCc5ccccc5)cc34)cc2)c(C)c1. The van der Waals surface area contributed by atoms with Crippen molar-refractivity contribution in [1.29, 1.82) is 0 Å². The van der Waals surface area contributed by atoms with E-state index in [1.165, 1.54) is 39.3 Å². The average Bonchev–Trinajstić information content (AvgIpc) is 3.29. The normalized spacial score (nSPS) is 11.0. The predicted molar refractivity (Wildman–Crippen MR) is 149 cm³/mol. The van der Waals surface area contributed by atoms with Crippen molar-refractivity contribution in [3.63, 3.8) is 0 Å². The molecule has 5 aromatic rings. The molecule has 0 aliphatic heterocycles. The number of ether oxygens (including phenoxy) is 2. The molecule has 0 spiro atoms. The van der Waals surface area contributed by atoms with Gasteiger partial charge in [-0.3, -0.25) is 0 Å². The summed E-state index contributed by atoms with van der Waals surface area (Å²) < 4.78 is 17.8. The van der Waals surface area contributed by atoms with Gasteiger partial charge in [0.25, 0.3) is 0 Å². The lowest BCUT2D eigenvalue weighted by Crippen LogP contribution is -2.02. The Morgan fingerprint density at radius 3 is 2.17 bits per heavy atom. The summed E-state index contributed by atoms with van der Waals surface area (Å²) in [6.07, 6.45) is 0. The van der Waals surface area contributed by atoms with E-state index in [2.05, 4.69) is 79.0 Å². The maximum absolute atomic E-state index is 6.08. The van der Waals surface area contributed by atoms with Crippen LogP contribution in [0.2, 0.25) is 0 Å². The van der Waals surface area contributed by atoms with Crippen molar-refractivity contribution >= 4 is 27.4 Å². The summed E-state index contributed by atoms with van der Waals surface area (Å²) in [4.78, 5) is 0. The molecule has 1 N–H and O–H groups in total. The first kappa shape index (κ1) is 23.9. The number of rotatable bonds is 9. The molecule has 36 heavy (non-hydrogen) atoms. The van der Waals surface area contributed by atoms with Crippen molar-refractivity contribution in [3.8, 4) is 11.5 Å². The van der Waals surface area contributed by atoms with Gasteiger partial charge in [-0.05, 0) is 90.5 Å². The van der Waals surface area contributed by atoms with E-state index in [1.54, 1.807) is 0 Å². The molecule has 1 aromatic heterocycles. The fourth-order valence-electron chi connectivity index (χ4n) is 4.36. The number of fused-ring (bicyclic) bond motifs is 1. The second-order valence-corrected chi connectivity index (χ2v) is 9.93. The van der Waals surface area contributed by atoms with Crippen LogP contribution in [0.25, 0.3) is 10.1 Å². The molecule has 0 saturated carbocycles. The number of aryl methyl sites for hydroxylation is 3. The summed E-state index contributed by atoms with van der Waals surface area (Å²) in [7, 11) is 0. The highest BCUT2D eigenvalue weighted by molar-refractivity contribution is 7.13. The van der Waals surface area contributed by atoms with Gasteiger partial charge in [0.1, 0.15) is 30.5 Å². The summed E-state index contributed by atoms with van der Waals surface area (Å²) in [6.45, 7) is 8.23. The lowest BCUT2D eigenvalue weighted by atomic mass is 10.0. The molecule has 0 radical (unpaired) electrons. The van der Waals surface area contributed by atoms with Gasteiger partial charge < -0.3 is 14.8 Å². The van der Waals surface area contributed by atoms with Gasteiger partial charge in [0.05, 0.1) is 4.70 Å². The predicted octanol–water partition coefficient (Wildman–Crippen LogP) is 7.99. The van der Waals surface area contributed by atoms with Gasteiger partial charge in [-0.25, -0.2) is 0 Å². The van der Waals surface area contributed by atoms with Crippen molar-refractivity contribution in [2.24, 2.45) is 0 Å². The Bertz CT molecular complexity index is 1440. The summed E-state index contributed by atoms with van der Waals surface area (Å²) in [6, 6.07) is 29.0. The van der Waals surface area contributed by atoms with Gasteiger partial charge in [-0.15, -0.1) is 0 Å². The van der Waals surface area contributed by atoms with Crippen LogP contribution < -0.4 is 14.8 Å². The smallest absolute Gasteiger partial charge is 0.147 e. The number of anilines is 1. The molecule has 0 aliphatic rings. The Hall–Kier alpha value is -3.83. The third-order valence-corrected chi connectivity index (χ3v) is 7.12. The van der Waals surface area contributed by atoms with E-state index in [4.69, 9.17) is 9.47 Å². The quantitative estimate of drug-likeness (QED) is 0.225. The zero-order valence-electron chi connectivity index (χ0n) is 20.9. The summed E-state index contributed by atoms with van der Waals surface area (Å²) in [5.74, 6) is 2.60. The molecule has 4 nitrogen and oxygen atoms in total. The Kier molecular flexibility index (Phi) is 7.19. The summed E-state index contributed by atoms with van der Waals surface area (Å²) in [5.41, 5.74) is 7.41. The fourth-order valence-corrected chi connectivity index (χ4v) is 5.09. The molecule has 5 rings (SSSR count). The van der Waals surface area contributed by atoms with Gasteiger partial charge in [0.15, 0.2) is 0 Å². The second-order valence-electron chi connectivity index (χ2n) is 9.13. The third-order valence-electron chi connectivity index (χ3n) is 6.30. The number of hydrogen-bond acceptors (Lipinski definition) is 5. The highest BCUT2D eigenvalue weighted by Gasteiger charge is 2.09. The monoisotopic (exact) mass is 494 g/mol. The molecule has 0 unspecified atom stereocenters. The number of benzene rings is 4. The summed E-state index contributed by atoms with van der Waals surface area (Å²) >= 11 is 1.49. The Balaban J connectivity index is 1.19. The Morgan fingerprint density at radius 1 is 0.722 bits per heavy atom. The largest absolute Gasteiger partial charge is 0.489 e. The van der Waals surface area contributed by atoms with Crippen molar-refractivity contribution in [2.75, 3.05) is 5.32 Å². The van der Waals surface area contributed by atoms with Crippen molar-refractivity contribution in [2.45, 2.75) is 40.5 Å². The molecule has 182 valence electrons. The van der Waals surface area contributed by atoms with Crippen molar-refractivity contribution in [3.05, 3.63) is 118 Å². The first-order chi connectivity index (χ1) is 17.5. The number of nitrogens with one attached hydrogen (secondary N) is 1. The molecule has 1 heterocycles. The zero-order valence-corrected chi connectivity index (χ0v) is 21.7. The highest BCUT2D eigenvalue weighted by atomic mass is 32.1. The topological polar surface area (TPSA) is 43.4 Å². The van der Waals surface area contributed by atoms with Crippen LogP contribution in [-0.2, 0) is 19.8 Å². The van der Waals surface area contributed by atoms with E-state index in [9.17, 15) is 0 Å². The molecule has 4 aromatic carbocycles. The second kappa shape index (κ2) is 10.8. The molecule has 0 bridgehead atoms. The van der Waals surface area contributed by atoms with Gasteiger partial charge in [-0.1, -0.05) is 60.2 Å². The minimum Gasteiger partial charge on any atom is -0.489 e. The first-order valence-corrected chi connectivity index (χ1v) is 12.9. The maximum Gasteiger partial charge on any atom is 0.147 e. The fraction of sp³-hybridized carbons (Fsp3) is 0.194. The number of hydrogen-bond donors (Lipinski definition) is 1. The van der Waals surface area contributed by atoms with E-state index in [0.29, 0.717) is 19.8 Å². The minimum absolute atomic E-state index is 0.546. The van der Waals surface area contributed by atoms with E-state index in [0.717, 1.165) is 33.0 Å². The molecule has 0 aliphatic carbocycles. The summed E-state index contributed by atoms with van der Waals surface area (Å²) in [5, 5.41) is 4.56. The van der Waals surface area contributed by atoms with Gasteiger partial charge in [0.2, 0.25) is 0 Å². The zero-order chi connectivity index (χ0) is 24.9. The molecular weight excluding hydrogens is 464 g/mol. The van der Waals surface area contributed by atoms with Gasteiger partial charge in [0, 0.05) is 11.9 Å². The number of aromatic nitrogens is 1. The minimum atomic E-state index is 0.546. The lowest BCUT2D eigenvalue weighted by Gasteiger charge is -2.13. The lowest BCUT2D eigenvalue weighted by molar-refractivity contribution is 0.304. The van der Waals surface area contributed by atoms with Crippen LogP contribution in [0.3, 0.4) is 0 Å². The molecule has 0 saturated heterocycles. The van der Waals surface area contributed by atoms with E-state index in [-0.39, 0.29) is 0 Å². The highest BCUT2D eigenvalue weighted by Crippen LogP contribution is 2.31. The van der Waals surface area contributed by atoms with E-state index < -0.39 is 0 Å². The Labute approximate surface area is 216 Å². The standard InChI is InChI=1S/C31H30N2O2S/c1-21-15-22(2)29(23(3)16-21)20-35-26-11-9-24(10-12-26)18-32-31-28-17-27(13-14-30(28)36-33-31)34-19-25-7-5-4-6-8-25/h4-17H,18-20H2,1-3H3,(H,32,33). The molecular formula is C31H30N2O2S. The van der Waals surface area contributed by atoms with Crippen molar-refractivity contribution in [1.82, 2.24) is 4.37 Å². The first-order valence-electron chi connectivity index (χ1n) is 12.1. The van der Waals surface area contributed by atoms with Crippen LogP contribution in [0.4, 0.5) is 5.82 Å². The van der Waals surface area contributed by atoms with Gasteiger partial charge >= 0.3 is 0 Å². The Morgan fingerprint density at radius 2 is 1.42 bits per heavy atom. The van der Waals surface area contributed by atoms with E-state index in [1.807, 2.05) is 36.4 Å². The molecule has 0 fully saturated rings. The third kappa shape index (κ3) is 5.69. The van der Waals surface area contributed by atoms with Crippen molar-refractivity contribution < 1.29 is 9.47 Å². The van der Waals surface area contributed by atoms with Crippen LogP contribution in [0, 0.1) is 20.8 Å². The van der Waals surface area contributed by atoms with Crippen LogP contribution in [0.15, 0.2) is 84.9 Å². The maximum atomic E-state index is 6.08. The molecule has 5 heteroatoms. The van der Waals surface area contributed by atoms with Crippen LogP contribution in [0.5, 0.6) is 11.5 Å². The van der Waals surface area contributed by atoms with E-state index >= 15 is 0 Å². The van der Waals surface area contributed by atoms with Crippen LogP contribution in [0.1, 0.15) is 33.4 Å². The average molecular weight is 495 g/mol. The van der Waals surface area contributed by atoms with Crippen LogP contribution in [-0.4, -0.2) is 4.37 Å². The van der Waals surface area contributed by atoms with Crippen LogP contribution >= 0.6 is 11.5 Å². The molecule has 0 atom stereocenters. The van der Waals surface area contributed by atoms with Gasteiger partial charge in [-0.2, -0.15) is 4.37 Å². The molecule has 0 amide bonds.